The molecule has 0 aromatic heterocycles. The number of carbonyl (C=O) groups is 3. The fourth-order valence-electron chi connectivity index (χ4n) is 5.02. The van der Waals surface area contributed by atoms with Gasteiger partial charge in [-0.05, 0) is 35.4 Å². The van der Waals surface area contributed by atoms with E-state index in [-0.39, 0.29) is 23.7 Å². The molecule has 5 heteroatoms. The molecule has 5 nitrogen and oxygen atoms in total. The molecule has 0 unspecified atom stereocenters. The fourth-order valence-corrected chi connectivity index (χ4v) is 5.02. The van der Waals surface area contributed by atoms with Crippen LogP contribution in [0.25, 0.3) is 0 Å². The highest BCUT2D eigenvalue weighted by Crippen LogP contribution is 2.50. The van der Waals surface area contributed by atoms with Gasteiger partial charge in [-0.1, -0.05) is 72.8 Å². The molecular weight excluding hydrogens is 414 g/mol. The van der Waals surface area contributed by atoms with E-state index in [9.17, 15) is 14.4 Å². The molecule has 1 saturated heterocycles. The van der Waals surface area contributed by atoms with E-state index in [2.05, 4.69) is 12.2 Å². The van der Waals surface area contributed by atoms with Gasteiger partial charge in [0.15, 0.2) is 0 Å². The van der Waals surface area contributed by atoms with Gasteiger partial charge < -0.3 is 4.74 Å². The van der Waals surface area contributed by atoms with Crippen molar-refractivity contribution in [1.82, 2.24) is 0 Å². The zero-order valence-electron chi connectivity index (χ0n) is 18.1. The van der Waals surface area contributed by atoms with Gasteiger partial charge in [0.2, 0.25) is 11.8 Å². The summed E-state index contributed by atoms with van der Waals surface area (Å²) in [7, 11) is 0. The molecule has 33 heavy (non-hydrogen) atoms. The van der Waals surface area contributed by atoms with Crippen LogP contribution in [0, 0.1) is 11.8 Å². The minimum Gasteiger partial charge on any atom is -0.427 e. The first-order valence-corrected chi connectivity index (χ1v) is 11.0. The normalized spacial score (nSPS) is 24.0. The highest BCUT2D eigenvalue weighted by molar-refractivity contribution is 6.23. The summed E-state index contributed by atoms with van der Waals surface area (Å²) in [6, 6.07) is 26.2. The first-order chi connectivity index (χ1) is 16.0. The molecule has 3 aromatic rings. The average Bonchev–Trinajstić information content (AvgIpc) is 3.10. The van der Waals surface area contributed by atoms with Crippen molar-refractivity contribution in [1.29, 1.82) is 0 Å². The van der Waals surface area contributed by atoms with Gasteiger partial charge in [-0.25, -0.2) is 4.90 Å². The number of carbonyl (C=O) groups excluding carboxylic acids is 3. The molecule has 1 aliphatic heterocycles. The third-order valence-electron chi connectivity index (χ3n) is 6.42. The molecule has 2 aliphatic rings. The summed E-state index contributed by atoms with van der Waals surface area (Å²) in [6.07, 6.45) is 4.15. The number of allylic oxidation sites excluding steroid dienone is 2. The minimum absolute atomic E-state index is 0.182. The van der Waals surface area contributed by atoms with Gasteiger partial charge >= 0.3 is 5.97 Å². The van der Waals surface area contributed by atoms with Gasteiger partial charge in [-0.15, -0.1) is 0 Å². The van der Waals surface area contributed by atoms with Crippen LogP contribution in [0.4, 0.5) is 5.69 Å². The predicted molar refractivity (Wildman–Crippen MR) is 125 cm³/mol. The van der Waals surface area contributed by atoms with Gasteiger partial charge in [0.05, 0.1) is 17.5 Å². The molecule has 5 rings (SSSR count). The summed E-state index contributed by atoms with van der Waals surface area (Å²) in [5, 5.41) is 0. The minimum atomic E-state index is -0.497. The summed E-state index contributed by atoms with van der Waals surface area (Å²) in [5.74, 6) is -1.82. The number of imide groups is 1. The second-order valence-corrected chi connectivity index (χ2v) is 8.41. The molecule has 0 radical (unpaired) electrons. The zero-order valence-corrected chi connectivity index (χ0v) is 18.1. The number of rotatable bonds is 4. The van der Waals surface area contributed by atoms with Crippen molar-refractivity contribution in [3.8, 4) is 5.75 Å². The SMILES string of the molecule is CC(=O)Oc1ccc(N2C(=O)[C@@H]3[C@@H](C2=O)[C@@H](c2ccccc2)C=C[C@@H]3c2ccccc2)cc1. The van der Waals surface area contributed by atoms with Gasteiger partial charge in [-0.3, -0.25) is 14.4 Å². The maximum absolute atomic E-state index is 13.8. The van der Waals surface area contributed by atoms with Crippen molar-refractivity contribution in [3.05, 3.63) is 108 Å². The highest BCUT2D eigenvalue weighted by Gasteiger charge is 2.55. The van der Waals surface area contributed by atoms with E-state index >= 15 is 0 Å². The Morgan fingerprint density at radius 1 is 0.697 bits per heavy atom. The molecule has 1 heterocycles. The summed E-state index contributed by atoms with van der Waals surface area (Å²) in [6.45, 7) is 1.33. The molecule has 0 spiro atoms. The van der Waals surface area contributed by atoms with E-state index < -0.39 is 17.8 Å². The van der Waals surface area contributed by atoms with Crippen LogP contribution in [0.5, 0.6) is 5.75 Å². The molecule has 0 N–H and O–H groups in total. The Hall–Kier alpha value is -3.99. The first-order valence-electron chi connectivity index (χ1n) is 11.0. The predicted octanol–water partition coefficient (Wildman–Crippen LogP) is 4.85. The molecule has 3 aromatic carbocycles. The van der Waals surface area contributed by atoms with Crippen LogP contribution in [0.1, 0.15) is 29.9 Å². The number of ether oxygens (including phenoxy) is 1. The van der Waals surface area contributed by atoms with Crippen molar-refractivity contribution in [2.45, 2.75) is 18.8 Å². The second kappa shape index (κ2) is 8.51. The van der Waals surface area contributed by atoms with Crippen molar-refractivity contribution >= 4 is 23.5 Å². The quantitative estimate of drug-likeness (QED) is 0.253. The maximum atomic E-state index is 13.8. The molecule has 164 valence electrons. The lowest BCUT2D eigenvalue weighted by atomic mass is 9.68. The van der Waals surface area contributed by atoms with Crippen molar-refractivity contribution in [3.63, 3.8) is 0 Å². The largest absolute Gasteiger partial charge is 0.427 e. The van der Waals surface area contributed by atoms with Crippen molar-refractivity contribution in [2.75, 3.05) is 4.90 Å². The number of fused-ring (bicyclic) bond motifs is 1. The Balaban J connectivity index is 1.56. The van der Waals surface area contributed by atoms with Crippen LogP contribution >= 0.6 is 0 Å². The lowest BCUT2D eigenvalue weighted by molar-refractivity contribution is -0.132. The smallest absolute Gasteiger partial charge is 0.308 e. The monoisotopic (exact) mass is 437 g/mol. The van der Waals surface area contributed by atoms with Crippen LogP contribution in [0.15, 0.2) is 97.1 Å². The molecular formula is C28H23NO4. The standard InChI is InChI=1S/C28H23NO4/c1-18(30)33-22-14-12-21(13-15-22)29-27(31)25-23(19-8-4-2-5-9-19)16-17-24(26(25)28(29)32)20-10-6-3-7-11-20/h2-17,23-26H,1H3/t23-,24-,25+,26+/m1/s1. The van der Waals surface area contributed by atoms with Gasteiger partial charge in [-0.2, -0.15) is 0 Å². The van der Waals surface area contributed by atoms with E-state index in [1.54, 1.807) is 24.3 Å². The first kappa shape index (κ1) is 20.9. The molecule has 1 fully saturated rings. The van der Waals surface area contributed by atoms with Crippen LogP contribution in [0.3, 0.4) is 0 Å². The maximum Gasteiger partial charge on any atom is 0.308 e. The Labute approximate surface area is 192 Å². The van der Waals surface area contributed by atoms with Crippen molar-refractivity contribution < 1.29 is 19.1 Å². The summed E-state index contributed by atoms with van der Waals surface area (Å²) in [5.41, 5.74) is 2.51. The molecule has 0 bridgehead atoms. The number of benzene rings is 3. The lowest BCUT2D eigenvalue weighted by Gasteiger charge is -2.32. The Kier molecular flexibility index (Phi) is 5.38. The van der Waals surface area contributed by atoms with Crippen LogP contribution < -0.4 is 9.64 Å². The molecule has 4 atom stereocenters. The fraction of sp³-hybridized carbons (Fsp3) is 0.179. The lowest BCUT2D eigenvalue weighted by Crippen LogP contribution is -2.31. The number of anilines is 1. The summed E-state index contributed by atoms with van der Waals surface area (Å²) >= 11 is 0. The second-order valence-electron chi connectivity index (χ2n) is 8.41. The van der Waals surface area contributed by atoms with Crippen LogP contribution in [-0.4, -0.2) is 17.8 Å². The van der Waals surface area contributed by atoms with Crippen LogP contribution in [0.2, 0.25) is 0 Å². The van der Waals surface area contributed by atoms with E-state index in [0.29, 0.717) is 11.4 Å². The number of nitrogens with zero attached hydrogens (tertiary/aromatic N) is 1. The number of amides is 2. The Morgan fingerprint density at radius 2 is 1.15 bits per heavy atom. The van der Waals surface area contributed by atoms with E-state index in [0.717, 1.165) is 11.1 Å². The van der Waals surface area contributed by atoms with E-state index in [1.807, 2.05) is 60.7 Å². The average molecular weight is 437 g/mol. The third kappa shape index (κ3) is 3.76. The topological polar surface area (TPSA) is 63.7 Å². The van der Waals surface area contributed by atoms with Gasteiger partial charge in [0, 0.05) is 18.8 Å². The Bertz CT molecular complexity index is 1150. The van der Waals surface area contributed by atoms with Crippen molar-refractivity contribution in [2.24, 2.45) is 11.8 Å². The summed E-state index contributed by atoms with van der Waals surface area (Å²) < 4.78 is 5.09. The molecule has 1 aliphatic carbocycles. The third-order valence-corrected chi connectivity index (χ3v) is 6.42. The van der Waals surface area contributed by atoms with E-state index in [1.165, 1.54) is 11.8 Å². The van der Waals surface area contributed by atoms with Gasteiger partial charge in [0.25, 0.3) is 0 Å². The number of hydrogen-bond acceptors (Lipinski definition) is 4. The number of hydrogen-bond donors (Lipinski definition) is 0. The summed E-state index contributed by atoms with van der Waals surface area (Å²) in [4.78, 5) is 40.0. The van der Waals surface area contributed by atoms with Gasteiger partial charge in [0.1, 0.15) is 5.75 Å². The number of esters is 1. The molecule has 0 saturated carbocycles. The Morgan fingerprint density at radius 3 is 1.58 bits per heavy atom. The van der Waals surface area contributed by atoms with E-state index in [4.69, 9.17) is 4.74 Å². The highest BCUT2D eigenvalue weighted by atomic mass is 16.5. The zero-order chi connectivity index (χ0) is 22.9. The van der Waals surface area contributed by atoms with Crippen LogP contribution in [-0.2, 0) is 14.4 Å². The molecule has 2 amide bonds.